The van der Waals surface area contributed by atoms with Gasteiger partial charge in [-0.2, -0.15) is 0 Å². The highest BCUT2D eigenvalue weighted by Crippen LogP contribution is 2.20. The zero-order valence-electron chi connectivity index (χ0n) is 54.6. The summed E-state index contributed by atoms with van der Waals surface area (Å²) in [6.45, 7) is 4.99. The van der Waals surface area contributed by atoms with Gasteiger partial charge in [0.1, 0.15) is 0 Å². The molecule has 0 aliphatic heterocycles. The molecular formula is C74H145NO5. The molecule has 476 valence electrons. The van der Waals surface area contributed by atoms with Gasteiger partial charge in [-0.05, 0) is 51.4 Å². The minimum atomic E-state index is -0.665. The van der Waals surface area contributed by atoms with E-state index in [1.165, 1.54) is 347 Å². The van der Waals surface area contributed by atoms with Gasteiger partial charge in [-0.25, -0.2) is 0 Å². The van der Waals surface area contributed by atoms with Crippen LogP contribution < -0.4 is 5.32 Å². The summed E-state index contributed by atoms with van der Waals surface area (Å²) in [6.07, 6.45) is 87.0. The normalized spacial score (nSPS) is 12.5. The zero-order chi connectivity index (χ0) is 57.8. The zero-order valence-corrected chi connectivity index (χ0v) is 54.6. The summed E-state index contributed by atoms with van der Waals surface area (Å²) in [4.78, 5) is 24.6. The van der Waals surface area contributed by atoms with E-state index in [4.69, 9.17) is 4.74 Å². The minimum absolute atomic E-state index is 0.00792. The number of allylic oxidation sites excluding steroid dienone is 2. The lowest BCUT2D eigenvalue weighted by atomic mass is 10.0. The molecule has 3 N–H and O–H groups in total. The molecule has 0 spiro atoms. The van der Waals surface area contributed by atoms with Crippen molar-refractivity contribution < 1.29 is 24.5 Å². The molecule has 2 atom stereocenters. The van der Waals surface area contributed by atoms with Crippen LogP contribution in [0.2, 0.25) is 0 Å². The fourth-order valence-corrected chi connectivity index (χ4v) is 11.9. The fraction of sp³-hybridized carbons (Fsp3) is 0.946. The van der Waals surface area contributed by atoms with Gasteiger partial charge in [0.2, 0.25) is 5.91 Å². The van der Waals surface area contributed by atoms with Crippen molar-refractivity contribution in [3.05, 3.63) is 12.2 Å². The van der Waals surface area contributed by atoms with Crippen LogP contribution in [0.1, 0.15) is 425 Å². The summed E-state index contributed by atoms with van der Waals surface area (Å²) in [5.74, 6) is -0.0209. The second kappa shape index (κ2) is 70.1. The van der Waals surface area contributed by atoms with Gasteiger partial charge in [0, 0.05) is 12.8 Å². The fourth-order valence-electron chi connectivity index (χ4n) is 11.9. The molecule has 0 aliphatic rings. The summed E-state index contributed by atoms with van der Waals surface area (Å²) in [5.41, 5.74) is 0. The number of rotatable bonds is 70. The molecule has 0 bridgehead atoms. The van der Waals surface area contributed by atoms with E-state index in [0.29, 0.717) is 25.9 Å². The Kier molecular flexibility index (Phi) is 68.9. The maximum Gasteiger partial charge on any atom is 0.305 e. The van der Waals surface area contributed by atoms with Crippen molar-refractivity contribution in [2.24, 2.45) is 0 Å². The first-order chi connectivity index (χ1) is 39.5. The molecule has 1 amide bonds. The second-order valence-electron chi connectivity index (χ2n) is 25.6. The van der Waals surface area contributed by atoms with Crippen molar-refractivity contribution in [1.82, 2.24) is 5.32 Å². The average molecular weight is 1130 g/mol. The van der Waals surface area contributed by atoms with Gasteiger partial charge < -0.3 is 20.3 Å². The van der Waals surface area contributed by atoms with Crippen LogP contribution in [0.5, 0.6) is 0 Å². The molecule has 0 fully saturated rings. The van der Waals surface area contributed by atoms with Gasteiger partial charge in [0.15, 0.2) is 0 Å². The molecule has 0 aliphatic carbocycles. The summed E-state index contributed by atoms with van der Waals surface area (Å²) in [7, 11) is 0. The first kappa shape index (κ1) is 78.6. The maximum absolute atomic E-state index is 12.6. The van der Waals surface area contributed by atoms with Crippen molar-refractivity contribution in [3.63, 3.8) is 0 Å². The van der Waals surface area contributed by atoms with E-state index in [9.17, 15) is 19.8 Å². The van der Waals surface area contributed by atoms with E-state index in [2.05, 4.69) is 31.3 Å². The third-order valence-corrected chi connectivity index (χ3v) is 17.6. The SMILES string of the molecule is CCCCCCCC/C=C\CCCCCCCC(=O)OCCCCCCCCCCCCCCCCCCCCCCCCCC(=O)NC(CO)C(O)CCCCCCCCCCCCCCCCCCCCCCCCCCC. The van der Waals surface area contributed by atoms with Crippen LogP contribution in [0.15, 0.2) is 12.2 Å². The quantitative estimate of drug-likeness (QED) is 0.0320. The topological polar surface area (TPSA) is 95.9 Å². The molecule has 0 saturated carbocycles. The van der Waals surface area contributed by atoms with Crippen molar-refractivity contribution >= 4 is 11.9 Å². The summed E-state index contributed by atoms with van der Waals surface area (Å²) in [6, 6.07) is -0.542. The van der Waals surface area contributed by atoms with Crippen molar-refractivity contribution in [2.45, 2.75) is 437 Å². The molecule has 6 nitrogen and oxygen atoms in total. The van der Waals surface area contributed by atoms with Gasteiger partial charge in [0.25, 0.3) is 0 Å². The number of hydrogen-bond acceptors (Lipinski definition) is 5. The molecule has 6 heteroatoms. The van der Waals surface area contributed by atoms with E-state index in [-0.39, 0.29) is 18.5 Å². The Bertz CT molecular complexity index is 1210. The van der Waals surface area contributed by atoms with Gasteiger partial charge in [-0.1, -0.05) is 373 Å². The number of esters is 1. The van der Waals surface area contributed by atoms with Gasteiger partial charge in [0.05, 0.1) is 25.4 Å². The van der Waals surface area contributed by atoms with E-state index in [1.807, 2.05) is 0 Å². The second-order valence-corrected chi connectivity index (χ2v) is 25.6. The lowest BCUT2D eigenvalue weighted by molar-refractivity contribution is -0.143. The molecule has 0 radical (unpaired) electrons. The lowest BCUT2D eigenvalue weighted by Gasteiger charge is -2.22. The molecule has 0 saturated heterocycles. The third-order valence-electron chi connectivity index (χ3n) is 17.6. The van der Waals surface area contributed by atoms with E-state index >= 15 is 0 Å². The number of ether oxygens (including phenoxy) is 1. The van der Waals surface area contributed by atoms with E-state index in [0.717, 1.165) is 44.9 Å². The monoisotopic (exact) mass is 1130 g/mol. The third kappa shape index (κ3) is 65.7. The molecule has 0 aromatic rings. The number of aliphatic hydroxyl groups excluding tert-OH is 2. The summed E-state index contributed by atoms with van der Waals surface area (Å²) < 4.78 is 5.49. The van der Waals surface area contributed by atoms with Crippen LogP contribution >= 0.6 is 0 Å². The van der Waals surface area contributed by atoms with Gasteiger partial charge in [-0.15, -0.1) is 0 Å². The van der Waals surface area contributed by atoms with Crippen molar-refractivity contribution in [1.29, 1.82) is 0 Å². The Morgan fingerprint density at radius 2 is 0.588 bits per heavy atom. The van der Waals surface area contributed by atoms with Crippen LogP contribution in [0.4, 0.5) is 0 Å². The number of aliphatic hydroxyl groups is 2. The summed E-state index contributed by atoms with van der Waals surface area (Å²) >= 11 is 0. The Hall–Kier alpha value is -1.40. The molecule has 0 aromatic carbocycles. The Morgan fingerprint density at radius 3 is 0.887 bits per heavy atom. The van der Waals surface area contributed by atoms with Crippen LogP contribution in [0, 0.1) is 0 Å². The maximum atomic E-state index is 12.6. The molecule has 0 rings (SSSR count). The Labute approximate surface area is 501 Å². The number of hydrogen-bond donors (Lipinski definition) is 3. The Balaban J connectivity index is 3.37. The van der Waals surface area contributed by atoms with Crippen LogP contribution in [-0.2, 0) is 14.3 Å². The Morgan fingerprint density at radius 1 is 0.338 bits per heavy atom. The standard InChI is InChI=1S/C74H145NO5/c1-3-5-7-9-11-13-15-17-19-20-21-22-23-24-26-29-32-35-39-42-46-50-54-58-62-66-72(77)71(70-76)75-73(78)67-63-59-55-51-47-43-40-36-33-30-27-25-28-31-34-37-41-45-49-53-57-61-65-69-80-74(79)68-64-60-56-52-48-44-38-18-16-14-12-10-8-6-4-2/h18,38,71-72,76-77H,3-17,19-37,39-70H2,1-2H3,(H,75,78)/b38-18-. The number of unbranched alkanes of at least 4 members (excludes halogenated alkanes) is 57. The molecule has 0 aromatic heterocycles. The highest BCUT2D eigenvalue weighted by Gasteiger charge is 2.20. The predicted octanol–water partition coefficient (Wildman–Crippen LogP) is 23.9. The largest absolute Gasteiger partial charge is 0.466 e. The first-order valence-corrected chi connectivity index (χ1v) is 36.9. The summed E-state index contributed by atoms with van der Waals surface area (Å²) in [5, 5.41) is 23.5. The molecule has 2 unspecified atom stereocenters. The van der Waals surface area contributed by atoms with Crippen LogP contribution in [-0.4, -0.2) is 47.4 Å². The van der Waals surface area contributed by atoms with Crippen molar-refractivity contribution in [2.75, 3.05) is 13.2 Å². The number of carbonyl (C=O) groups excluding carboxylic acids is 2. The first-order valence-electron chi connectivity index (χ1n) is 36.9. The lowest BCUT2D eigenvalue weighted by Crippen LogP contribution is -2.45. The smallest absolute Gasteiger partial charge is 0.305 e. The molecule has 0 heterocycles. The van der Waals surface area contributed by atoms with Crippen LogP contribution in [0.3, 0.4) is 0 Å². The molecule has 80 heavy (non-hydrogen) atoms. The van der Waals surface area contributed by atoms with E-state index in [1.54, 1.807) is 0 Å². The number of nitrogens with one attached hydrogen (secondary N) is 1. The number of amides is 1. The average Bonchev–Trinajstić information content (AvgIpc) is 3.46. The van der Waals surface area contributed by atoms with Crippen LogP contribution in [0.25, 0.3) is 0 Å². The highest BCUT2D eigenvalue weighted by molar-refractivity contribution is 5.76. The minimum Gasteiger partial charge on any atom is -0.466 e. The van der Waals surface area contributed by atoms with Gasteiger partial charge in [-0.3, -0.25) is 9.59 Å². The van der Waals surface area contributed by atoms with Crippen molar-refractivity contribution in [3.8, 4) is 0 Å². The highest BCUT2D eigenvalue weighted by atomic mass is 16.5. The van der Waals surface area contributed by atoms with E-state index < -0.39 is 12.1 Å². The van der Waals surface area contributed by atoms with Gasteiger partial charge >= 0.3 is 5.97 Å². The predicted molar refractivity (Wildman–Crippen MR) is 352 cm³/mol. The number of carbonyl (C=O) groups is 2. The molecular weight excluding hydrogens is 983 g/mol.